The van der Waals surface area contributed by atoms with Crippen LogP contribution in [0, 0.1) is 11.3 Å². The molecule has 4 heteroatoms. The summed E-state index contributed by atoms with van der Waals surface area (Å²) in [5.74, 6) is 1.33. The lowest BCUT2D eigenvalue weighted by atomic mass is 9.92. The van der Waals surface area contributed by atoms with Crippen LogP contribution >= 0.6 is 0 Å². The van der Waals surface area contributed by atoms with Crippen LogP contribution in [0.2, 0.25) is 0 Å². The molecule has 1 heterocycles. The molecule has 4 nitrogen and oxygen atoms in total. The topological polar surface area (TPSA) is 54.6 Å². The number of allylic oxidation sites excluding steroid dienone is 3. The Bertz CT molecular complexity index is 919. The van der Waals surface area contributed by atoms with E-state index in [1.807, 2.05) is 54.6 Å². The summed E-state index contributed by atoms with van der Waals surface area (Å²) in [7, 11) is 3.23. The van der Waals surface area contributed by atoms with Gasteiger partial charge in [0, 0.05) is 12.1 Å². The highest BCUT2D eigenvalue weighted by Gasteiger charge is 2.20. The van der Waals surface area contributed by atoms with Crippen molar-refractivity contribution >= 4 is 11.8 Å². The van der Waals surface area contributed by atoms with E-state index in [0.717, 1.165) is 23.1 Å². The van der Waals surface area contributed by atoms with Crippen LogP contribution in [0.25, 0.3) is 6.08 Å². The second kappa shape index (κ2) is 8.17. The van der Waals surface area contributed by atoms with Gasteiger partial charge in [0.25, 0.3) is 0 Å². The number of aliphatic imine (C=N–C) groups is 1. The highest BCUT2D eigenvalue weighted by molar-refractivity contribution is 6.16. The monoisotopic (exact) mass is 344 g/mol. The van der Waals surface area contributed by atoms with Gasteiger partial charge in [-0.15, -0.1) is 0 Å². The molecule has 0 N–H and O–H groups in total. The molecule has 3 rings (SSSR count). The van der Waals surface area contributed by atoms with Gasteiger partial charge >= 0.3 is 0 Å². The number of benzene rings is 2. The summed E-state index contributed by atoms with van der Waals surface area (Å²) in [6.07, 6.45) is 6.47. The van der Waals surface area contributed by atoms with Crippen LogP contribution in [-0.2, 0) is 6.42 Å². The molecular weight excluding hydrogens is 324 g/mol. The summed E-state index contributed by atoms with van der Waals surface area (Å²) >= 11 is 0. The molecule has 0 atom stereocenters. The predicted molar refractivity (Wildman–Crippen MR) is 104 cm³/mol. The Kier molecular flexibility index (Phi) is 5.50. The Morgan fingerprint density at radius 3 is 2.54 bits per heavy atom. The van der Waals surface area contributed by atoms with Crippen molar-refractivity contribution in [2.45, 2.75) is 6.42 Å². The minimum absolute atomic E-state index is 0.533. The lowest BCUT2D eigenvalue weighted by Gasteiger charge is -2.19. The minimum atomic E-state index is 0.533. The first-order chi connectivity index (χ1) is 12.8. The number of hydrogen-bond donors (Lipinski definition) is 0. The highest BCUT2D eigenvalue weighted by Crippen LogP contribution is 2.33. The molecule has 26 heavy (non-hydrogen) atoms. The molecule has 0 unspecified atom stereocenters. The molecule has 0 bridgehead atoms. The van der Waals surface area contributed by atoms with Crippen LogP contribution in [0.15, 0.2) is 65.2 Å². The van der Waals surface area contributed by atoms with E-state index in [9.17, 15) is 5.26 Å². The Morgan fingerprint density at radius 2 is 1.85 bits per heavy atom. The standard InChI is InChI=1S/C22H20N2O2/c1-25-20-13-17-11-12-24-22(19(17)14-21(20)26-2)18(15-23)10-6-9-16-7-4-3-5-8-16/h3-10,13-14H,11-12H2,1-2H3/b9-6+,18-10-. The van der Waals surface area contributed by atoms with Gasteiger partial charge in [-0.25, -0.2) is 0 Å². The Labute approximate surface area is 153 Å². The number of nitrogens with zero attached hydrogens (tertiary/aromatic N) is 2. The van der Waals surface area contributed by atoms with Crippen molar-refractivity contribution in [3.63, 3.8) is 0 Å². The molecule has 1 aliphatic rings. The highest BCUT2D eigenvalue weighted by atomic mass is 16.5. The maximum absolute atomic E-state index is 9.64. The molecular formula is C22H20N2O2. The summed E-state index contributed by atoms with van der Waals surface area (Å²) in [5, 5.41) is 9.64. The molecule has 0 radical (unpaired) electrons. The maximum atomic E-state index is 9.64. The van der Waals surface area contributed by atoms with Crippen LogP contribution in [0.4, 0.5) is 0 Å². The van der Waals surface area contributed by atoms with Gasteiger partial charge in [0.2, 0.25) is 0 Å². The number of ether oxygens (including phenoxy) is 2. The lowest BCUT2D eigenvalue weighted by molar-refractivity contribution is 0.354. The third-order valence-corrected chi connectivity index (χ3v) is 4.24. The zero-order valence-corrected chi connectivity index (χ0v) is 14.9. The Balaban J connectivity index is 1.96. The second-order valence-electron chi connectivity index (χ2n) is 5.81. The van der Waals surface area contributed by atoms with Crippen molar-refractivity contribution in [2.75, 3.05) is 20.8 Å². The van der Waals surface area contributed by atoms with Crippen molar-refractivity contribution in [1.82, 2.24) is 0 Å². The Hall–Kier alpha value is -3.32. The maximum Gasteiger partial charge on any atom is 0.161 e. The quantitative estimate of drug-likeness (QED) is 0.603. The normalized spacial score (nSPS) is 13.7. The van der Waals surface area contributed by atoms with E-state index in [-0.39, 0.29) is 0 Å². The van der Waals surface area contributed by atoms with E-state index in [4.69, 9.17) is 9.47 Å². The molecule has 0 amide bonds. The number of fused-ring (bicyclic) bond motifs is 1. The number of rotatable bonds is 5. The molecule has 2 aromatic carbocycles. The smallest absolute Gasteiger partial charge is 0.161 e. The minimum Gasteiger partial charge on any atom is -0.493 e. The van der Waals surface area contributed by atoms with Crippen LogP contribution in [-0.4, -0.2) is 26.5 Å². The van der Waals surface area contributed by atoms with Gasteiger partial charge < -0.3 is 9.47 Å². The van der Waals surface area contributed by atoms with Crippen molar-refractivity contribution in [3.8, 4) is 17.6 Å². The summed E-state index contributed by atoms with van der Waals surface area (Å²) in [6, 6.07) is 16.1. The summed E-state index contributed by atoms with van der Waals surface area (Å²) < 4.78 is 10.8. The van der Waals surface area contributed by atoms with E-state index in [1.54, 1.807) is 20.3 Å². The fraction of sp³-hybridized carbons (Fsp3) is 0.182. The number of hydrogen-bond acceptors (Lipinski definition) is 4. The van der Waals surface area contributed by atoms with Crippen LogP contribution < -0.4 is 9.47 Å². The molecule has 0 saturated carbocycles. The molecule has 130 valence electrons. The van der Waals surface area contributed by atoms with E-state index in [1.165, 1.54) is 0 Å². The van der Waals surface area contributed by atoms with E-state index < -0.39 is 0 Å². The third kappa shape index (κ3) is 3.68. The van der Waals surface area contributed by atoms with Gasteiger partial charge in [0.15, 0.2) is 11.5 Å². The van der Waals surface area contributed by atoms with Gasteiger partial charge in [-0.05, 0) is 35.8 Å². The average molecular weight is 344 g/mol. The first-order valence-corrected chi connectivity index (χ1v) is 8.40. The van der Waals surface area contributed by atoms with E-state index in [0.29, 0.717) is 29.3 Å². The van der Waals surface area contributed by atoms with Crippen molar-refractivity contribution in [2.24, 2.45) is 4.99 Å². The number of nitriles is 1. The molecule has 0 aliphatic carbocycles. The van der Waals surface area contributed by atoms with E-state index in [2.05, 4.69) is 11.1 Å². The largest absolute Gasteiger partial charge is 0.493 e. The van der Waals surface area contributed by atoms with E-state index >= 15 is 0 Å². The molecule has 1 aliphatic heterocycles. The zero-order valence-electron chi connectivity index (χ0n) is 14.9. The molecule has 0 fully saturated rings. The predicted octanol–water partition coefficient (Wildman–Crippen LogP) is 4.21. The Morgan fingerprint density at radius 1 is 1.12 bits per heavy atom. The van der Waals surface area contributed by atoms with Gasteiger partial charge in [0.05, 0.1) is 25.5 Å². The van der Waals surface area contributed by atoms with Crippen molar-refractivity contribution in [3.05, 3.63) is 76.9 Å². The molecule has 0 saturated heterocycles. The number of methoxy groups -OCH3 is 2. The fourth-order valence-electron chi connectivity index (χ4n) is 2.94. The van der Waals surface area contributed by atoms with Crippen LogP contribution in [0.1, 0.15) is 16.7 Å². The first kappa shape index (κ1) is 17.5. The fourth-order valence-corrected chi connectivity index (χ4v) is 2.94. The lowest BCUT2D eigenvalue weighted by Crippen LogP contribution is -2.15. The average Bonchev–Trinajstić information content (AvgIpc) is 2.70. The first-order valence-electron chi connectivity index (χ1n) is 8.40. The van der Waals surface area contributed by atoms with Crippen molar-refractivity contribution in [1.29, 1.82) is 5.26 Å². The van der Waals surface area contributed by atoms with Crippen LogP contribution in [0.3, 0.4) is 0 Å². The molecule has 2 aromatic rings. The van der Waals surface area contributed by atoms with Crippen LogP contribution in [0.5, 0.6) is 11.5 Å². The summed E-state index contributed by atoms with van der Waals surface area (Å²) in [5.41, 5.74) is 4.35. The second-order valence-corrected chi connectivity index (χ2v) is 5.81. The van der Waals surface area contributed by atoms with Gasteiger partial charge in [-0.3, -0.25) is 4.99 Å². The van der Waals surface area contributed by atoms with Gasteiger partial charge in [-0.1, -0.05) is 42.5 Å². The van der Waals surface area contributed by atoms with Crippen molar-refractivity contribution < 1.29 is 9.47 Å². The zero-order chi connectivity index (χ0) is 18.4. The summed E-state index contributed by atoms with van der Waals surface area (Å²) in [4.78, 5) is 4.59. The van der Waals surface area contributed by atoms with Gasteiger partial charge in [0.1, 0.15) is 6.07 Å². The SMILES string of the molecule is COc1cc2c(cc1OC)C(/C(C#N)=C\C=C\c1ccccc1)=NCC2. The molecule has 0 aromatic heterocycles. The molecule has 0 spiro atoms. The van der Waals surface area contributed by atoms with Gasteiger partial charge in [-0.2, -0.15) is 5.26 Å². The summed E-state index contributed by atoms with van der Waals surface area (Å²) in [6.45, 7) is 0.652. The third-order valence-electron chi connectivity index (χ3n) is 4.24.